The summed E-state index contributed by atoms with van der Waals surface area (Å²) in [6, 6.07) is 3.63. The van der Waals surface area contributed by atoms with Crippen LogP contribution in [0.25, 0.3) is 0 Å². The highest BCUT2D eigenvalue weighted by molar-refractivity contribution is 5.70. The van der Waals surface area contributed by atoms with Gasteiger partial charge in [-0.2, -0.15) is 0 Å². The first-order valence-electron chi connectivity index (χ1n) is 4.48. The smallest absolute Gasteiger partial charge is 0.368 e. The number of nitro benzene ring substituents is 1. The van der Waals surface area contributed by atoms with Crippen molar-refractivity contribution in [2.75, 3.05) is 13.7 Å². The quantitative estimate of drug-likeness (QED) is 0.451. The fourth-order valence-corrected chi connectivity index (χ4v) is 0.969. The van der Waals surface area contributed by atoms with Gasteiger partial charge in [0.1, 0.15) is 0 Å². The molecule has 92 valence electrons. The Kier molecular flexibility index (Phi) is 4.23. The molecule has 8 nitrogen and oxygen atoms in total. The summed E-state index contributed by atoms with van der Waals surface area (Å²) in [6.45, 7) is -0.364. The molecule has 1 aromatic rings. The van der Waals surface area contributed by atoms with Crippen molar-refractivity contribution in [3.8, 4) is 11.5 Å². The molecule has 17 heavy (non-hydrogen) atoms. The standard InChI is InChI=1S/C9H10N2O6/c1-15-7-3-2-6(11(13)14)4-8(7)16-17-9(12)5-10/h2-4H,5,10H2,1H3. The fourth-order valence-electron chi connectivity index (χ4n) is 0.969. The van der Waals surface area contributed by atoms with Crippen LogP contribution in [-0.4, -0.2) is 24.5 Å². The van der Waals surface area contributed by atoms with Crippen LogP contribution < -0.4 is 15.4 Å². The van der Waals surface area contributed by atoms with E-state index in [0.717, 1.165) is 6.07 Å². The Hall–Kier alpha value is -2.35. The van der Waals surface area contributed by atoms with Crippen molar-refractivity contribution < 1.29 is 24.2 Å². The third-order valence-corrected chi connectivity index (χ3v) is 1.75. The second kappa shape index (κ2) is 5.66. The topological polar surface area (TPSA) is 114 Å². The van der Waals surface area contributed by atoms with E-state index in [1.54, 1.807) is 0 Å². The van der Waals surface area contributed by atoms with E-state index in [0.29, 0.717) is 0 Å². The van der Waals surface area contributed by atoms with Crippen molar-refractivity contribution in [3.05, 3.63) is 28.3 Å². The van der Waals surface area contributed by atoms with Crippen molar-refractivity contribution in [2.45, 2.75) is 0 Å². The number of benzene rings is 1. The number of carbonyl (C=O) groups is 1. The largest absolute Gasteiger partial charge is 0.493 e. The Morgan fingerprint density at radius 2 is 2.18 bits per heavy atom. The highest BCUT2D eigenvalue weighted by atomic mass is 17.2. The van der Waals surface area contributed by atoms with Crippen molar-refractivity contribution in [1.29, 1.82) is 0 Å². The van der Waals surface area contributed by atoms with Crippen LogP contribution in [-0.2, 0) is 9.68 Å². The van der Waals surface area contributed by atoms with Crippen LogP contribution in [0, 0.1) is 10.1 Å². The van der Waals surface area contributed by atoms with Gasteiger partial charge < -0.3 is 10.5 Å². The molecule has 1 rings (SSSR count). The van der Waals surface area contributed by atoms with Crippen LogP contribution in [0.1, 0.15) is 0 Å². The normalized spacial score (nSPS) is 9.53. The Morgan fingerprint density at radius 3 is 2.71 bits per heavy atom. The molecule has 0 fully saturated rings. The average Bonchev–Trinajstić information content (AvgIpc) is 2.35. The third-order valence-electron chi connectivity index (χ3n) is 1.75. The van der Waals surface area contributed by atoms with E-state index >= 15 is 0 Å². The first-order valence-corrected chi connectivity index (χ1v) is 4.48. The number of hydrogen-bond acceptors (Lipinski definition) is 7. The van der Waals surface area contributed by atoms with Gasteiger partial charge >= 0.3 is 5.97 Å². The van der Waals surface area contributed by atoms with E-state index in [4.69, 9.17) is 10.5 Å². The molecule has 0 heterocycles. The lowest BCUT2D eigenvalue weighted by Crippen LogP contribution is -2.18. The lowest BCUT2D eigenvalue weighted by atomic mass is 10.3. The maximum atomic E-state index is 10.8. The van der Waals surface area contributed by atoms with Crippen LogP contribution in [0.15, 0.2) is 18.2 Å². The van der Waals surface area contributed by atoms with Gasteiger partial charge in [-0.25, -0.2) is 9.68 Å². The molecule has 0 atom stereocenters. The van der Waals surface area contributed by atoms with Crippen LogP contribution in [0.5, 0.6) is 11.5 Å². The first kappa shape index (κ1) is 12.7. The zero-order chi connectivity index (χ0) is 12.8. The zero-order valence-electron chi connectivity index (χ0n) is 8.91. The lowest BCUT2D eigenvalue weighted by molar-refractivity contribution is -0.385. The molecule has 8 heteroatoms. The molecule has 0 spiro atoms. The molecule has 0 aromatic heterocycles. The molecule has 0 saturated heterocycles. The Bertz CT molecular complexity index is 433. The minimum atomic E-state index is -0.807. The maximum absolute atomic E-state index is 10.8. The van der Waals surface area contributed by atoms with E-state index in [1.807, 2.05) is 0 Å². The summed E-state index contributed by atoms with van der Waals surface area (Å²) < 4.78 is 4.88. The van der Waals surface area contributed by atoms with Gasteiger partial charge in [0.25, 0.3) is 5.69 Å². The van der Waals surface area contributed by atoms with E-state index in [1.165, 1.54) is 19.2 Å². The number of nitro groups is 1. The van der Waals surface area contributed by atoms with Gasteiger partial charge in [-0.3, -0.25) is 15.0 Å². The summed E-state index contributed by atoms with van der Waals surface area (Å²) >= 11 is 0. The number of ether oxygens (including phenoxy) is 1. The molecule has 0 amide bonds. The maximum Gasteiger partial charge on any atom is 0.368 e. The van der Waals surface area contributed by atoms with Crippen molar-refractivity contribution in [3.63, 3.8) is 0 Å². The molecule has 0 aliphatic heterocycles. The summed E-state index contributed by atoms with van der Waals surface area (Å²) in [4.78, 5) is 29.6. The van der Waals surface area contributed by atoms with Crippen molar-refractivity contribution in [2.24, 2.45) is 5.73 Å². The number of nitrogens with zero attached hydrogens (tertiary/aromatic N) is 1. The Balaban J connectivity index is 2.90. The van der Waals surface area contributed by atoms with Gasteiger partial charge in [0.15, 0.2) is 5.75 Å². The molecule has 0 radical (unpaired) electrons. The van der Waals surface area contributed by atoms with Gasteiger partial charge in [0, 0.05) is 6.07 Å². The summed E-state index contributed by atoms with van der Waals surface area (Å²) in [5.74, 6) is -0.692. The monoisotopic (exact) mass is 242 g/mol. The number of rotatable bonds is 5. The average molecular weight is 242 g/mol. The Morgan fingerprint density at radius 1 is 1.47 bits per heavy atom. The molecule has 2 N–H and O–H groups in total. The molecule has 0 unspecified atom stereocenters. The second-order valence-electron chi connectivity index (χ2n) is 2.84. The molecule has 0 aliphatic rings. The highest BCUT2D eigenvalue weighted by Gasteiger charge is 2.14. The minimum absolute atomic E-state index is 0.0801. The van der Waals surface area contributed by atoms with Crippen LogP contribution in [0.4, 0.5) is 5.69 Å². The number of methoxy groups -OCH3 is 1. The highest BCUT2D eigenvalue weighted by Crippen LogP contribution is 2.31. The van der Waals surface area contributed by atoms with Crippen molar-refractivity contribution in [1.82, 2.24) is 0 Å². The number of nitrogens with two attached hydrogens (primary N) is 1. The van der Waals surface area contributed by atoms with Crippen LogP contribution in [0.3, 0.4) is 0 Å². The number of non-ortho nitro benzene ring substituents is 1. The fraction of sp³-hybridized carbons (Fsp3) is 0.222. The predicted molar refractivity (Wildman–Crippen MR) is 55.4 cm³/mol. The van der Waals surface area contributed by atoms with Crippen LogP contribution in [0.2, 0.25) is 0 Å². The molecule has 1 aromatic carbocycles. The van der Waals surface area contributed by atoms with E-state index < -0.39 is 10.9 Å². The SMILES string of the molecule is COc1ccc([N+](=O)[O-])cc1OOC(=O)CN. The molecule has 0 bridgehead atoms. The lowest BCUT2D eigenvalue weighted by Gasteiger charge is -2.07. The molecular formula is C9H10N2O6. The second-order valence-corrected chi connectivity index (χ2v) is 2.84. The van der Waals surface area contributed by atoms with Gasteiger partial charge in [0.05, 0.1) is 24.6 Å². The number of hydrogen-bond donors (Lipinski definition) is 1. The van der Waals surface area contributed by atoms with Gasteiger partial charge in [-0.15, -0.1) is 0 Å². The third kappa shape index (κ3) is 3.31. The number of carbonyl (C=O) groups excluding carboxylic acids is 1. The van der Waals surface area contributed by atoms with Crippen LogP contribution >= 0.6 is 0 Å². The van der Waals surface area contributed by atoms with Gasteiger partial charge in [-0.05, 0) is 6.07 Å². The zero-order valence-corrected chi connectivity index (χ0v) is 8.91. The summed E-state index contributed by atoms with van der Waals surface area (Å²) in [5, 5.41) is 10.5. The summed E-state index contributed by atoms with van der Waals surface area (Å²) in [7, 11) is 1.35. The molecule has 0 aliphatic carbocycles. The van der Waals surface area contributed by atoms with Crippen molar-refractivity contribution >= 4 is 11.7 Å². The summed E-state index contributed by atoms with van der Waals surface area (Å²) in [5.41, 5.74) is 4.77. The Labute approximate surface area is 96.0 Å². The minimum Gasteiger partial charge on any atom is -0.493 e. The summed E-state index contributed by atoms with van der Waals surface area (Å²) in [6.07, 6.45) is 0. The van der Waals surface area contributed by atoms with E-state index in [2.05, 4.69) is 9.78 Å². The van der Waals surface area contributed by atoms with E-state index in [-0.39, 0.29) is 23.7 Å². The molecular weight excluding hydrogens is 232 g/mol. The molecule has 0 saturated carbocycles. The van der Waals surface area contributed by atoms with E-state index in [9.17, 15) is 14.9 Å². The van der Waals surface area contributed by atoms with Gasteiger partial charge in [0.2, 0.25) is 5.75 Å². The first-order chi connectivity index (χ1) is 8.08. The van der Waals surface area contributed by atoms with Gasteiger partial charge in [-0.1, -0.05) is 0 Å². The predicted octanol–water partition coefficient (Wildman–Crippen LogP) is 0.399.